The van der Waals surface area contributed by atoms with Gasteiger partial charge in [-0.2, -0.15) is 0 Å². The summed E-state index contributed by atoms with van der Waals surface area (Å²) in [5.41, 5.74) is -0.371. The highest BCUT2D eigenvalue weighted by Gasteiger charge is 2.36. The lowest BCUT2D eigenvalue weighted by atomic mass is 9.69. The van der Waals surface area contributed by atoms with Crippen LogP contribution in [0.5, 0.6) is 0 Å². The molecule has 9 heteroatoms. The second-order valence-corrected chi connectivity index (χ2v) is 8.21. The molecule has 0 saturated heterocycles. The average molecular weight is 381 g/mol. The Kier molecular flexibility index (Phi) is 5.01. The molecule has 140 valence electrons. The normalized spacial score (nSPS) is 15.9. The van der Waals surface area contributed by atoms with E-state index in [2.05, 4.69) is 15.0 Å². The molecule has 1 fully saturated rings. The van der Waals surface area contributed by atoms with Crippen LogP contribution in [-0.2, 0) is 10.0 Å². The van der Waals surface area contributed by atoms with Gasteiger partial charge in [0.25, 0.3) is 15.9 Å². The molecule has 2 aromatic rings. The summed E-state index contributed by atoms with van der Waals surface area (Å²) in [5.74, 6) is -1.16. The highest BCUT2D eigenvalue weighted by Crippen LogP contribution is 2.39. The quantitative estimate of drug-likeness (QED) is 0.586. The van der Waals surface area contributed by atoms with Gasteiger partial charge in [0, 0.05) is 18.2 Å². The molecule has 4 N–H and O–H groups in total. The molecule has 1 amide bonds. The molecule has 1 aromatic heterocycles. The third kappa shape index (κ3) is 3.73. The lowest BCUT2D eigenvalue weighted by Crippen LogP contribution is -2.44. The van der Waals surface area contributed by atoms with Gasteiger partial charge in [0.1, 0.15) is 16.4 Å². The van der Waals surface area contributed by atoms with Crippen molar-refractivity contribution in [3.05, 3.63) is 48.0 Å². The van der Waals surface area contributed by atoms with E-state index in [4.69, 9.17) is 0 Å². The SMILES string of the molecule is O=C(NCC1(CO)CCC1)c1cc(S(=O)(=O)Nc2ccccc2F)c[nH]1. The van der Waals surface area contributed by atoms with Crippen LogP contribution in [0.2, 0.25) is 0 Å². The van der Waals surface area contributed by atoms with Crippen LogP contribution in [-0.4, -0.2) is 37.6 Å². The molecular formula is C17H20FN3O4S. The maximum absolute atomic E-state index is 13.6. The van der Waals surface area contributed by atoms with E-state index in [0.29, 0.717) is 6.54 Å². The van der Waals surface area contributed by atoms with Gasteiger partial charge in [-0.15, -0.1) is 0 Å². The number of carbonyl (C=O) groups is 1. The molecular weight excluding hydrogens is 361 g/mol. The molecule has 0 unspecified atom stereocenters. The topological polar surface area (TPSA) is 111 Å². The largest absolute Gasteiger partial charge is 0.396 e. The van der Waals surface area contributed by atoms with E-state index in [1.54, 1.807) is 0 Å². The number of aromatic amines is 1. The fourth-order valence-electron chi connectivity index (χ4n) is 2.84. The first-order chi connectivity index (χ1) is 12.4. The minimum atomic E-state index is -4.03. The number of carbonyl (C=O) groups excluding carboxylic acids is 1. The van der Waals surface area contributed by atoms with Gasteiger partial charge >= 0.3 is 0 Å². The van der Waals surface area contributed by atoms with Crippen LogP contribution in [0, 0.1) is 11.2 Å². The Balaban J connectivity index is 1.68. The van der Waals surface area contributed by atoms with E-state index in [-0.39, 0.29) is 28.3 Å². The molecule has 26 heavy (non-hydrogen) atoms. The van der Waals surface area contributed by atoms with Crippen LogP contribution in [0.15, 0.2) is 41.4 Å². The van der Waals surface area contributed by atoms with Gasteiger partial charge in [0.15, 0.2) is 0 Å². The van der Waals surface area contributed by atoms with Crippen LogP contribution in [0.1, 0.15) is 29.8 Å². The number of rotatable bonds is 7. The number of aliphatic hydroxyl groups excluding tert-OH is 1. The van der Waals surface area contributed by atoms with E-state index in [9.17, 15) is 22.7 Å². The van der Waals surface area contributed by atoms with Crippen molar-refractivity contribution < 1.29 is 22.7 Å². The monoisotopic (exact) mass is 381 g/mol. The Bertz CT molecular complexity index is 901. The average Bonchev–Trinajstić information content (AvgIpc) is 3.07. The van der Waals surface area contributed by atoms with Crippen LogP contribution in [0.3, 0.4) is 0 Å². The molecule has 0 spiro atoms. The maximum atomic E-state index is 13.6. The molecule has 0 bridgehead atoms. The van der Waals surface area contributed by atoms with Gasteiger partial charge in [-0.1, -0.05) is 18.6 Å². The summed E-state index contributed by atoms with van der Waals surface area (Å²) in [5, 5.41) is 12.1. The van der Waals surface area contributed by atoms with Crippen molar-refractivity contribution in [1.82, 2.24) is 10.3 Å². The highest BCUT2D eigenvalue weighted by molar-refractivity contribution is 7.92. The second-order valence-electron chi connectivity index (χ2n) is 6.53. The summed E-state index contributed by atoms with van der Waals surface area (Å²) in [6, 6.07) is 6.60. The molecule has 0 radical (unpaired) electrons. The van der Waals surface area contributed by atoms with Gasteiger partial charge in [0.2, 0.25) is 0 Å². The van der Waals surface area contributed by atoms with Crippen molar-refractivity contribution in [2.75, 3.05) is 17.9 Å². The molecule has 1 aromatic carbocycles. The number of hydrogen-bond acceptors (Lipinski definition) is 4. The molecule has 1 saturated carbocycles. The number of nitrogens with one attached hydrogen (secondary N) is 3. The van der Waals surface area contributed by atoms with Crippen molar-refractivity contribution in [1.29, 1.82) is 0 Å². The predicted octanol–water partition coefficient (Wildman–Crippen LogP) is 1.85. The highest BCUT2D eigenvalue weighted by atomic mass is 32.2. The molecule has 1 aliphatic carbocycles. The number of aromatic nitrogens is 1. The summed E-state index contributed by atoms with van der Waals surface area (Å²) < 4.78 is 40.5. The van der Waals surface area contributed by atoms with E-state index in [1.165, 1.54) is 30.5 Å². The first-order valence-electron chi connectivity index (χ1n) is 8.20. The Hall–Kier alpha value is -2.39. The zero-order valence-electron chi connectivity index (χ0n) is 14.0. The number of para-hydroxylation sites is 1. The lowest BCUT2D eigenvalue weighted by Gasteiger charge is -2.40. The third-order valence-electron chi connectivity index (χ3n) is 4.70. The number of halogens is 1. The zero-order chi connectivity index (χ0) is 18.8. The van der Waals surface area contributed by atoms with Gasteiger partial charge in [-0.3, -0.25) is 9.52 Å². The van der Waals surface area contributed by atoms with Gasteiger partial charge in [-0.25, -0.2) is 12.8 Å². The van der Waals surface area contributed by atoms with Crippen LogP contribution in [0.25, 0.3) is 0 Å². The Morgan fingerprint density at radius 3 is 2.65 bits per heavy atom. The zero-order valence-corrected chi connectivity index (χ0v) is 14.8. The number of aliphatic hydroxyl groups is 1. The Labute approximate surface area is 150 Å². The molecule has 1 aliphatic rings. The van der Waals surface area contributed by atoms with Crippen molar-refractivity contribution >= 4 is 21.6 Å². The molecule has 1 heterocycles. The molecule has 0 atom stereocenters. The van der Waals surface area contributed by atoms with Crippen molar-refractivity contribution in [2.45, 2.75) is 24.2 Å². The fourth-order valence-corrected chi connectivity index (χ4v) is 3.90. The van der Waals surface area contributed by atoms with Gasteiger partial charge < -0.3 is 15.4 Å². The Morgan fingerprint density at radius 2 is 2.04 bits per heavy atom. The van der Waals surface area contributed by atoms with Crippen LogP contribution in [0.4, 0.5) is 10.1 Å². The number of amides is 1. The maximum Gasteiger partial charge on any atom is 0.267 e. The van der Waals surface area contributed by atoms with E-state index < -0.39 is 21.7 Å². The molecule has 3 rings (SSSR count). The number of H-pyrrole nitrogens is 1. The second kappa shape index (κ2) is 7.08. The van der Waals surface area contributed by atoms with Crippen molar-refractivity contribution in [3.8, 4) is 0 Å². The summed E-state index contributed by atoms with van der Waals surface area (Å²) in [7, 11) is -4.03. The number of benzene rings is 1. The number of anilines is 1. The summed E-state index contributed by atoms with van der Waals surface area (Å²) in [6.45, 7) is 0.334. The number of hydrogen-bond donors (Lipinski definition) is 4. The van der Waals surface area contributed by atoms with Crippen molar-refractivity contribution in [3.63, 3.8) is 0 Å². The molecule has 0 aliphatic heterocycles. The lowest BCUT2D eigenvalue weighted by molar-refractivity contribution is 0.0428. The Morgan fingerprint density at radius 1 is 1.31 bits per heavy atom. The standard InChI is InChI=1S/C17H20FN3O4S/c18-13-4-1-2-5-14(13)21-26(24,25)12-8-15(19-9-12)16(23)20-10-17(11-22)6-3-7-17/h1-2,4-5,8-9,19,21-22H,3,6-7,10-11H2,(H,20,23). The van der Waals surface area contributed by atoms with E-state index in [0.717, 1.165) is 25.3 Å². The van der Waals surface area contributed by atoms with Gasteiger partial charge in [0.05, 0.1) is 12.3 Å². The minimum absolute atomic E-state index is 0.00416. The summed E-state index contributed by atoms with van der Waals surface area (Å²) in [6.07, 6.45) is 3.88. The number of sulfonamides is 1. The predicted molar refractivity (Wildman–Crippen MR) is 93.7 cm³/mol. The van der Waals surface area contributed by atoms with E-state index >= 15 is 0 Å². The fraction of sp³-hybridized carbons (Fsp3) is 0.353. The first kappa shape index (κ1) is 18.4. The minimum Gasteiger partial charge on any atom is -0.396 e. The summed E-state index contributed by atoms with van der Waals surface area (Å²) in [4.78, 5) is 14.6. The van der Waals surface area contributed by atoms with E-state index in [1.807, 2.05) is 0 Å². The van der Waals surface area contributed by atoms with Crippen molar-refractivity contribution in [2.24, 2.45) is 5.41 Å². The molecule has 7 nitrogen and oxygen atoms in total. The smallest absolute Gasteiger partial charge is 0.267 e. The van der Waals surface area contributed by atoms with Crippen LogP contribution >= 0.6 is 0 Å². The van der Waals surface area contributed by atoms with Crippen LogP contribution < -0.4 is 10.0 Å². The summed E-state index contributed by atoms with van der Waals surface area (Å²) >= 11 is 0. The first-order valence-corrected chi connectivity index (χ1v) is 9.68. The third-order valence-corrected chi connectivity index (χ3v) is 6.05. The van der Waals surface area contributed by atoms with Gasteiger partial charge in [-0.05, 0) is 31.0 Å².